The Kier molecular flexibility index (Phi) is 4.90. The summed E-state index contributed by atoms with van der Waals surface area (Å²) >= 11 is 5.83. The molecule has 1 atom stereocenters. The molecule has 0 saturated carbocycles. The average molecular weight is 335 g/mol. The molecule has 122 valence electrons. The summed E-state index contributed by atoms with van der Waals surface area (Å²) in [7, 11) is 0. The van der Waals surface area contributed by atoms with Gasteiger partial charge in [-0.05, 0) is 58.0 Å². The highest BCUT2D eigenvalue weighted by molar-refractivity contribution is 6.29. The first kappa shape index (κ1) is 17.2. The molecular weight excluding hydrogens is 316 g/mol. The Hall–Kier alpha value is -2.14. The second kappa shape index (κ2) is 6.54. The van der Waals surface area contributed by atoms with Crippen LogP contribution in [-0.4, -0.2) is 28.5 Å². The van der Waals surface area contributed by atoms with Crippen molar-refractivity contribution in [1.29, 1.82) is 0 Å². The highest BCUT2D eigenvalue weighted by atomic mass is 35.5. The van der Waals surface area contributed by atoms with Crippen LogP contribution in [-0.2, 0) is 9.53 Å². The fourth-order valence-electron chi connectivity index (χ4n) is 1.98. The second-order valence-electron chi connectivity index (χ2n) is 6.33. The number of nitrogens with zero attached hydrogens (tertiary/aromatic N) is 1. The first-order chi connectivity index (χ1) is 10.7. The van der Waals surface area contributed by atoms with Crippen molar-refractivity contribution in [2.24, 2.45) is 0 Å². The summed E-state index contributed by atoms with van der Waals surface area (Å²) in [4.78, 5) is 28.3. The highest BCUT2D eigenvalue weighted by Crippen LogP contribution is 2.18. The number of fused-ring (bicyclic) bond motifs is 1. The third-order valence-electron chi connectivity index (χ3n) is 3.04. The number of amides is 1. The topological polar surface area (TPSA) is 68.3 Å². The van der Waals surface area contributed by atoms with Crippen LogP contribution in [0.25, 0.3) is 10.9 Å². The van der Waals surface area contributed by atoms with Gasteiger partial charge in [0.05, 0.1) is 11.1 Å². The zero-order chi connectivity index (χ0) is 17.2. The molecule has 0 spiro atoms. The van der Waals surface area contributed by atoms with Gasteiger partial charge in [0, 0.05) is 10.9 Å². The number of nitrogens with one attached hydrogen (secondary N) is 1. The third-order valence-corrected chi connectivity index (χ3v) is 3.25. The summed E-state index contributed by atoms with van der Waals surface area (Å²) in [6.45, 7) is 7.13. The molecule has 1 N–H and O–H groups in total. The molecule has 0 aliphatic heterocycles. The maximum absolute atomic E-state index is 12.2. The lowest BCUT2D eigenvalue weighted by Crippen LogP contribution is -2.46. The summed E-state index contributed by atoms with van der Waals surface area (Å²) in [6, 6.07) is 8.38. The molecule has 2 rings (SSSR count). The van der Waals surface area contributed by atoms with Crippen LogP contribution in [0.3, 0.4) is 0 Å². The number of benzene rings is 1. The molecule has 0 aliphatic rings. The van der Waals surface area contributed by atoms with Crippen LogP contribution < -0.4 is 5.32 Å². The first-order valence-corrected chi connectivity index (χ1v) is 7.63. The van der Waals surface area contributed by atoms with Crippen LogP contribution in [0.5, 0.6) is 0 Å². The number of rotatable bonds is 3. The summed E-state index contributed by atoms with van der Waals surface area (Å²) in [6.07, 6.45) is -0.874. The molecule has 1 unspecified atom stereocenters. The van der Waals surface area contributed by atoms with Crippen molar-refractivity contribution >= 4 is 34.4 Å². The van der Waals surface area contributed by atoms with Crippen LogP contribution in [0, 0.1) is 0 Å². The van der Waals surface area contributed by atoms with Gasteiger partial charge in [0.25, 0.3) is 5.91 Å². The fourth-order valence-corrected chi connectivity index (χ4v) is 2.14. The number of aromatic nitrogens is 1. The molecular formula is C17H19ClN2O3. The van der Waals surface area contributed by atoms with E-state index in [1.165, 1.54) is 0 Å². The van der Waals surface area contributed by atoms with Gasteiger partial charge in [-0.25, -0.2) is 9.78 Å². The molecule has 6 heteroatoms. The third kappa shape index (κ3) is 4.66. The van der Waals surface area contributed by atoms with Gasteiger partial charge in [0.1, 0.15) is 5.15 Å². The Morgan fingerprint density at radius 1 is 1.22 bits per heavy atom. The fraction of sp³-hybridized carbons (Fsp3) is 0.353. The number of hydrogen-bond acceptors (Lipinski definition) is 4. The molecule has 5 nitrogen and oxygen atoms in total. The van der Waals surface area contributed by atoms with Crippen molar-refractivity contribution in [2.45, 2.75) is 39.3 Å². The van der Waals surface area contributed by atoms with E-state index in [1.54, 1.807) is 37.3 Å². The van der Waals surface area contributed by atoms with E-state index in [2.05, 4.69) is 10.3 Å². The Bertz CT molecular complexity index is 753. The van der Waals surface area contributed by atoms with Crippen LogP contribution in [0.15, 0.2) is 30.3 Å². The number of ether oxygens (including phenoxy) is 1. The van der Waals surface area contributed by atoms with E-state index in [4.69, 9.17) is 16.3 Å². The predicted octanol–water partition coefficient (Wildman–Crippen LogP) is 3.35. The van der Waals surface area contributed by atoms with Gasteiger partial charge in [-0.2, -0.15) is 0 Å². The molecule has 1 aromatic heterocycles. The lowest BCUT2D eigenvalue weighted by atomic mass is 10.1. The Morgan fingerprint density at radius 2 is 1.91 bits per heavy atom. The zero-order valence-electron chi connectivity index (χ0n) is 13.5. The Balaban J connectivity index is 2.11. The number of halogens is 1. The zero-order valence-corrected chi connectivity index (χ0v) is 14.3. The smallest absolute Gasteiger partial charge is 0.338 e. The monoisotopic (exact) mass is 334 g/mol. The predicted molar refractivity (Wildman–Crippen MR) is 89.5 cm³/mol. The molecule has 1 aromatic carbocycles. The lowest BCUT2D eigenvalue weighted by Gasteiger charge is -2.23. The van der Waals surface area contributed by atoms with Gasteiger partial charge in [0.15, 0.2) is 6.10 Å². The van der Waals surface area contributed by atoms with Gasteiger partial charge in [-0.1, -0.05) is 11.6 Å². The SMILES string of the molecule is CC(OC(=O)c1ccc2nc(Cl)ccc2c1)C(=O)NC(C)(C)C. The van der Waals surface area contributed by atoms with Crippen LogP contribution in [0.2, 0.25) is 5.15 Å². The van der Waals surface area contributed by atoms with E-state index in [0.29, 0.717) is 16.2 Å². The number of carbonyl (C=O) groups excluding carboxylic acids is 2. The molecule has 23 heavy (non-hydrogen) atoms. The van der Waals surface area contributed by atoms with Crippen molar-refractivity contribution in [3.05, 3.63) is 41.0 Å². The number of pyridine rings is 1. The van der Waals surface area contributed by atoms with E-state index in [0.717, 1.165) is 5.39 Å². The largest absolute Gasteiger partial charge is 0.449 e. The molecule has 0 aliphatic carbocycles. The van der Waals surface area contributed by atoms with Crippen molar-refractivity contribution in [1.82, 2.24) is 10.3 Å². The van der Waals surface area contributed by atoms with Gasteiger partial charge < -0.3 is 10.1 Å². The maximum atomic E-state index is 12.2. The van der Waals surface area contributed by atoms with E-state index in [-0.39, 0.29) is 11.4 Å². The van der Waals surface area contributed by atoms with E-state index in [9.17, 15) is 9.59 Å². The minimum atomic E-state index is -0.874. The summed E-state index contributed by atoms with van der Waals surface area (Å²) in [5.74, 6) is -0.890. The van der Waals surface area contributed by atoms with Crippen molar-refractivity contribution in [3.8, 4) is 0 Å². The summed E-state index contributed by atoms with van der Waals surface area (Å²) in [5, 5.41) is 3.93. The standard InChI is InChI=1S/C17H19ClN2O3/c1-10(15(21)20-17(2,3)4)23-16(22)12-5-7-13-11(9-12)6-8-14(18)19-13/h5-10H,1-4H3,(H,20,21). The molecule has 1 amide bonds. The number of esters is 1. The summed E-state index contributed by atoms with van der Waals surface area (Å²) in [5.41, 5.74) is 0.663. The molecule has 0 saturated heterocycles. The lowest BCUT2D eigenvalue weighted by molar-refractivity contribution is -0.130. The van der Waals surface area contributed by atoms with E-state index >= 15 is 0 Å². The number of hydrogen-bond donors (Lipinski definition) is 1. The minimum absolute atomic E-state index is 0.333. The maximum Gasteiger partial charge on any atom is 0.338 e. The van der Waals surface area contributed by atoms with Crippen LogP contribution in [0.1, 0.15) is 38.1 Å². The molecule has 2 aromatic rings. The van der Waals surface area contributed by atoms with Gasteiger partial charge in [-0.15, -0.1) is 0 Å². The van der Waals surface area contributed by atoms with E-state index < -0.39 is 12.1 Å². The molecule has 1 heterocycles. The highest BCUT2D eigenvalue weighted by Gasteiger charge is 2.23. The van der Waals surface area contributed by atoms with Crippen molar-refractivity contribution < 1.29 is 14.3 Å². The Labute approximate surface area is 140 Å². The average Bonchev–Trinajstić information content (AvgIpc) is 2.44. The van der Waals surface area contributed by atoms with Crippen LogP contribution in [0.4, 0.5) is 0 Å². The van der Waals surface area contributed by atoms with Gasteiger partial charge in [-0.3, -0.25) is 4.79 Å². The first-order valence-electron chi connectivity index (χ1n) is 7.25. The van der Waals surface area contributed by atoms with Crippen molar-refractivity contribution in [3.63, 3.8) is 0 Å². The van der Waals surface area contributed by atoms with Gasteiger partial charge >= 0.3 is 5.97 Å². The molecule has 0 radical (unpaired) electrons. The minimum Gasteiger partial charge on any atom is -0.449 e. The summed E-state index contributed by atoms with van der Waals surface area (Å²) < 4.78 is 5.22. The Morgan fingerprint density at radius 3 is 2.57 bits per heavy atom. The second-order valence-corrected chi connectivity index (χ2v) is 6.72. The number of carbonyl (C=O) groups is 2. The molecule has 0 fully saturated rings. The van der Waals surface area contributed by atoms with E-state index in [1.807, 2.05) is 20.8 Å². The normalized spacial score (nSPS) is 12.7. The van der Waals surface area contributed by atoms with Crippen molar-refractivity contribution in [2.75, 3.05) is 0 Å². The quantitative estimate of drug-likeness (QED) is 0.690. The van der Waals surface area contributed by atoms with Crippen LogP contribution >= 0.6 is 11.6 Å². The molecule has 0 bridgehead atoms. The van der Waals surface area contributed by atoms with Gasteiger partial charge in [0.2, 0.25) is 0 Å².